The first-order valence-electron chi connectivity index (χ1n) is 23.7. The highest BCUT2D eigenvalue weighted by molar-refractivity contribution is 5.94. The number of nitrogens with one attached hydrogen (secondary N) is 2. The highest BCUT2D eigenvalue weighted by atomic mass is 16.5. The van der Waals surface area contributed by atoms with Gasteiger partial charge in [0, 0.05) is 25.7 Å². The van der Waals surface area contributed by atoms with E-state index in [1.807, 2.05) is 97.1 Å². The SMILES string of the molecule is CCCCCCCCCCCC(=O)NC(CC(=O)CC(CCCc1ccccc1)Cc1ccccc1)C(=O)NC(CCC(=O)OCc1ccccc1)C(=O)OCc1ccccc1.O=C=O.O=C=O. The number of hydrogen-bond acceptors (Lipinski definition) is 11. The molecule has 0 bridgehead atoms. The molecule has 0 heterocycles. The van der Waals surface area contributed by atoms with Crippen LogP contribution in [0, 0.1) is 5.92 Å². The monoisotopic (exact) mass is 932 g/mol. The molecule has 2 N–H and O–H groups in total. The van der Waals surface area contributed by atoms with Gasteiger partial charge in [-0.3, -0.25) is 19.2 Å². The number of unbranched alkanes of at least 4 members (excludes halogenated alkanes) is 8. The number of benzene rings is 4. The Hall–Kier alpha value is -6.81. The van der Waals surface area contributed by atoms with Crippen molar-refractivity contribution in [2.75, 3.05) is 0 Å². The fourth-order valence-electron chi connectivity index (χ4n) is 7.59. The van der Waals surface area contributed by atoms with Gasteiger partial charge in [0.1, 0.15) is 31.1 Å². The van der Waals surface area contributed by atoms with Crippen LogP contribution in [0.4, 0.5) is 0 Å². The molecule has 3 unspecified atom stereocenters. The molecule has 0 aliphatic carbocycles. The van der Waals surface area contributed by atoms with Crippen molar-refractivity contribution in [2.45, 2.75) is 148 Å². The van der Waals surface area contributed by atoms with Gasteiger partial charge in [-0.1, -0.05) is 180 Å². The first-order valence-corrected chi connectivity index (χ1v) is 23.7. The van der Waals surface area contributed by atoms with Crippen molar-refractivity contribution < 1.29 is 52.6 Å². The molecular formula is C55H68N2O11. The van der Waals surface area contributed by atoms with Gasteiger partial charge >= 0.3 is 24.2 Å². The first-order chi connectivity index (χ1) is 33.1. The van der Waals surface area contributed by atoms with Gasteiger partial charge in [-0.15, -0.1) is 0 Å². The van der Waals surface area contributed by atoms with Gasteiger partial charge in [0.05, 0.1) is 0 Å². The smallest absolute Gasteiger partial charge is 0.373 e. The summed E-state index contributed by atoms with van der Waals surface area (Å²) in [5.74, 6) is -2.40. The second-order valence-corrected chi connectivity index (χ2v) is 16.6. The molecule has 68 heavy (non-hydrogen) atoms. The van der Waals surface area contributed by atoms with Crippen LogP contribution in [0.5, 0.6) is 0 Å². The molecule has 3 atom stereocenters. The molecule has 13 nitrogen and oxygen atoms in total. The number of carbonyl (C=O) groups is 5. The van der Waals surface area contributed by atoms with Crippen LogP contribution in [0.1, 0.15) is 132 Å². The summed E-state index contributed by atoms with van der Waals surface area (Å²) in [7, 11) is 0. The van der Waals surface area contributed by atoms with E-state index in [1.165, 1.54) is 37.7 Å². The predicted molar refractivity (Wildman–Crippen MR) is 255 cm³/mol. The fraction of sp³-hybridized carbons (Fsp3) is 0.436. The van der Waals surface area contributed by atoms with Crippen molar-refractivity contribution in [3.05, 3.63) is 144 Å². The standard InChI is InChI=1S/C53H68N2O7.2CO2/c1-2-3-4-5-6-7-8-9-22-34-50(57)54-49(39-47(56)38-46(37-43-26-16-11-17-27-43)33-23-32-42-24-14-10-15-25-42)52(59)55-48(53(60)62-41-45-30-20-13-21-31-45)35-36-51(58)61-40-44-28-18-12-19-29-44;2*2-1-3/h10-21,24-31,46,48-49H,2-9,22-23,32-41H2,1H3,(H,54,57)(H,55,59);;. The van der Waals surface area contributed by atoms with E-state index in [2.05, 4.69) is 41.8 Å². The minimum Gasteiger partial charge on any atom is -0.461 e. The Bertz CT molecular complexity index is 2060. The van der Waals surface area contributed by atoms with Crippen LogP contribution in [0.25, 0.3) is 0 Å². The summed E-state index contributed by atoms with van der Waals surface area (Å²) in [6.07, 6.45) is 13.6. The molecule has 0 spiro atoms. The average Bonchev–Trinajstić information content (AvgIpc) is 3.34. The molecule has 2 amide bonds. The van der Waals surface area contributed by atoms with Crippen LogP contribution in [0.15, 0.2) is 121 Å². The molecule has 0 aromatic heterocycles. The fourth-order valence-corrected chi connectivity index (χ4v) is 7.59. The summed E-state index contributed by atoms with van der Waals surface area (Å²) >= 11 is 0. The lowest BCUT2D eigenvalue weighted by atomic mass is 9.87. The number of carbonyl (C=O) groups excluding carboxylic acids is 9. The van der Waals surface area contributed by atoms with Crippen molar-refractivity contribution in [2.24, 2.45) is 5.92 Å². The molecule has 0 fully saturated rings. The molecule has 364 valence electrons. The van der Waals surface area contributed by atoms with Gasteiger partial charge in [0.15, 0.2) is 0 Å². The van der Waals surface area contributed by atoms with Gasteiger partial charge in [0.25, 0.3) is 0 Å². The molecular weight excluding hydrogens is 865 g/mol. The normalized spacial score (nSPS) is 11.5. The summed E-state index contributed by atoms with van der Waals surface area (Å²) in [5, 5.41) is 5.61. The number of ketones is 1. The number of rotatable bonds is 31. The lowest BCUT2D eigenvalue weighted by Gasteiger charge is -2.23. The van der Waals surface area contributed by atoms with Crippen molar-refractivity contribution in [1.29, 1.82) is 0 Å². The highest BCUT2D eigenvalue weighted by Crippen LogP contribution is 2.22. The van der Waals surface area contributed by atoms with Gasteiger partial charge < -0.3 is 20.1 Å². The highest BCUT2D eigenvalue weighted by Gasteiger charge is 2.30. The zero-order valence-corrected chi connectivity index (χ0v) is 39.4. The number of Topliss-reactive ketones (excluding diaryl/α,β-unsaturated/α-hetero) is 1. The van der Waals surface area contributed by atoms with Crippen LogP contribution in [0.3, 0.4) is 0 Å². The summed E-state index contributed by atoms with van der Waals surface area (Å²) in [4.78, 5) is 101. The van der Waals surface area contributed by atoms with E-state index in [9.17, 15) is 24.0 Å². The van der Waals surface area contributed by atoms with Gasteiger partial charge in [-0.25, -0.2) is 4.79 Å². The average molecular weight is 933 g/mol. The van der Waals surface area contributed by atoms with Crippen LogP contribution >= 0.6 is 0 Å². The third-order valence-corrected chi connectivity index (χ3v) is 11.1. The predicted octanol–water partition coefficient (Wildman–Crippen LogP) is 9.21. The van der Waals surface area contributed by atoms with E-state index in [0.29, 0.717) is 12.8 Å². The Morgan fingerprint density at radius 1 is 0.500 bits per heavy atom. The summed E-state index contributed by atoms with van der Waals surface area (Å²) in [6.45, 7) is 2.25. The summed E-state index contributed by atoms with van der Waals surface area (Å²) in [6, 6.07) is 36.3. The maximum absolute atomic E-state index is 14.2. The first kappa shape index (κ1) is 57.3. The molecule has 13 heteroatoms. The van der Waals surface area contributed by atoms with Crippen molar-refractivity contribution in [3.63, 3.8) is 0 Å². The van der Waals surface area contributed by atoms with Crippen molar-refractivity contribution >= 4 is 41.8 Å². The van der Waals surface area contributed by atoms with E-state index in [4.69, 9.17) is 28.7 Å². The molecule has 0 radical (unpaired) electrons. The minimum absolute atomic E-state index is 0.0256. The third-order valence-electron chi connectivity index (χ3n) is 11.1. The maximum atomic E-state index is 14.2. The lowest BCUT2D eigenvalue weighted by Crippen LogP contribution is -2.52. The van der Waals surface area contributed by atoms with Crippen molar-refractivity contribution in [1.82, 2.24) is 10.6 Å². The van der Waals surface area contributed by atoms with Crippen LogP contribution in [0.2, 0.25) is 0 Å². The number of ether oxygens (including phenoxy) is 2. The number of esters is 2. The van der Waals surface area contributed by atoms with Gasteiger partial charge in [-0.2, -0.15) is 19.2 Å². The quantitative estimate of drug-likeness (QED) is 0.0361. The molecule has 4 rings (SSSR count). The topological polar surface area (TPSA) is 196 Å². The Kier molecular flexibility index (Phi) is 31.4. The molecule has 0 saturated carbocycles. The minimum atomic E-state index is -1.23. The Morgan fingerprint density at radius 2 is 0.971 bits per heavy atom. The second kappa shape index (κ2) is 37.3. The molecule has 4 aromatic carbocycles. The van der Waals surface area contributed by atoms with E-state index in [0.717, 1.165) is 55.2 Å². The Labute approximate surface area is 401 Å². The molecule has 0 aliphatic rings. The van der Waals surface area contributed by atoms with Gasteiger partial charge in [-0.05, 0) is 66.7 Å². The molecule has 0 saturated heterocycles. The Morgan fingerprint density at radius 3 is 1.50 bits per heavy atom. The largest absolute Gasteiger partial charge is 0.461 e. The number of amides is 2. The number of aryl methyl sites for hydroxylation is 1. The summed E-state index contributed by atoms with van der Waals surface area (Å²) in [5.41, 5.74) is 3.95. The Balaban J connectivity index is 0.00000251. The van der Waals surface area contributed by atoms with E-state index >= 15 is 0 Å². The zero-order chi connectivity index (χ0) is 49.5. The van der Waals surface area contributed by atoms with E-state index < -0.39 is 29.9 Å². The maximum Gasteiger partial charge on any atom is 0.373 e. The van der Waals surface area contributed by atoms with E-state index in [-0.39, 0.29) is 75.2 Å². The van der Waals surface area contributed by atoms with Crippen molar-refractivity contribution in [3.8, 4) is 0 Å². The van der Waals surface area contributed by atoms with Gasteiger partial charge in [0.2, 0.25) is 11.8 Å². The lowest BCUT2D eigenvalue weighted by molar-refractivity contribution is -0.193. The second-order valence-electron chi connectivity index (χ2n) is 16.6. The molecule has 4 aromatic rings. The van der Waals surface area contributed by atoms with E-state index in [1.54, 1.807) is 0 Å². The van der Waals surface area contributed by atoms with Crippen LogP contribution in [-0.2, 0) is 78.7 Å². The third kappa shape index (κ3) is 27.6. The van der Waals surface area contributed by atoms with Crippen LogP contribution < -0.4 is 10.6 Å². The zero-order valence-electron chi connectivity index (χ0n) is 39.4. The molecule has 0 aliphatic heterocycles. The number of hydrogen-bond donors (Lipinski definition) is 2. The van der Waals surface area contributed by atoms with Crippen LogP contribution in [-0.4, -0.2) is 53.9 Å². The summed E-state index contributed by atoms with van der Waals surface area (Å²) < 4.78 is 11.1.